The van der Waals surface area contributed by atoms with Gasteiger partial charge in [-0.3, -0.25) is 0 Å². The zero-order valence-electron chi connectivity index (χ0n) is 12.8. The molecule has 0 saturated carbocycles. The number of hydrogen-bond donors (Lipinski definition) is 2. The Balaban J connectivity index is 2.27. The minimum atomic E-state index is -0.915. The smallest absolute Gasteiger partial charge is 0.410 e. The van der Waals surface area contributed by atoms with E-state index in [0.29, 0.717) is 25.2 Å². The fourth-order valence-corrected chi connectivity index (χ4v) is 2.30. The summed E-state index contributed by atoms with van der Waals surface area (Å²) in [6, 6.07) is 1.65. The van der Waals surface area contributed by atoms with Crippen molar-refractivity contribution in [2.24, 2.45) is 0 Å². The summed E-state index contributed by atoms with van der Waals surface area (Å²) in [6.07, 6.45) is -0.353. The summed E-state index contributed by atoms with van der Waals surface area (Å²) >= 11 is 1.40. The van der Waals surface area contributed by atoms with Crippen molar-refractivity contribution in [2.75, 3.05) is 20.1 Å². The van der Waals surface area contributed by atoms with E-state index in [1.54, 1.807) is 18.5 Å². The molecule has 1 aromatic rings. The molecule has 1 heterocycles. The lowest BCUT2D eigenvalue weighted by atomic mass is 10.2. The van der Waals surface area contributed by atoms with Gasteiger partial charge in [0.1, 0.15) is 5.60 Å². The lowest BCUT2D eigenvalue weighted by molar-refractivity contribution is 0.0300. The normalized spacial score (nSPS) is 11.2. The van der Waals surface area contributed by atoms with E-state index in [9.17, 15) is 9.59 Å². The molecule has 6 nitrogen and oxygen atoms in total. The summed E-state index contributed by atoms with van der Waals surface area (Å²) in [5.74, 6) is -0.915. The van der Waals surface area contributed by atoms with Crippen molar-refractivity contribution in [3.05, 3.63) is 21.9 Å². The molecular weight excluding hydrogens is 292 g/mol. The minimum absolute atomic E-state index is 0.308. The standard InChI is InChI=1S/C14H22N2O4S/c1-14(2,3)20-13(19)16(4)6-5-15-8-11-7-10(9-21-11)12(17)18/h7,9,15H,5-6,8H2,1-4H3,(H,17,18). The molecule has 0 unspecified atom stereocenters. The van der Waals surface area contributed by atoms with E-state index < -0.39 is 11.6 Å². The van der Waals surface area contributed by atoms with Crippen LogP contribution in [0.15, 0.2) is 11.4 Å². The lowest BCUT2D eigenvalue weighted by Gasteiger charge is -2.24. The average Bonchev–Trinajstić information content (AvgIpc) is 2.81. The predicted octanol–water partition coefficient (Wildman–Crippen LogP) is 2.40. The van der Waals surface area contributed by atoms with E-state index >= 15 is 0 Å². The molecule has 1 amide bonds. The van der Waals surface area contributed by atoms with Crippen LogP contribution >= 0.6 is 11.3 Å². The van der Waals surface area contributed by atoms with Gasteiger partial charge in [-0.1, -0.05) is 0 Å². The van der Waals surface area contributed by atoms with Crippen molar-refractivity contribution in [1.82, 2.24) is 10.2 Å². The SMILES string of the molecule is CN(CCNCc1cc(C(=O)O)cs1)C(=O)OC(C)(C)C. The van der Waals surface area contributed by atoms with Crippen LogP contribution in [0.4, 0.5) is 4.79 Å². The highest BCUT2D eigenvalue weighted by Crippen LogP contribution is 2.14. The third kappa shape index (κ3) is 6.59. The van der Waals surface area contributed by atoms with Crippen LogP contribution in [0.2, 0.25) is 0 Å². The molecule has 0 fully saturated rings. The molecule has 0 aliphatic heterocycles. The summed E-state index contributed by atoms with van der Waals surface area (Å²) in [4.78, 5) is 24.9. The van der Waals surface area contributed by atoms with Gasteiger partial charge >= 0.3 is 12.1 Å². The Morgan fingerprint density at radius 2 is 2.10 bits per heavy atom. The average molecular weight is 314 g/mol. The fraction of sp³-hybridized carbons (Fsp3) is 0.571. The number of nitrogens with one attached hydrogen (secondary N) is 1. The Hall–Kier alpha value is -1.60. The maximum atomic E-state index is 11.7. The van der Waals surface area contributed by atoms with Gasteiger partial charge in [-0.15, -0.1) is 11.3 Å². The molecule has 0 spiro atoms. The number of thiophene rings is 1. The highest BCUT2D eigenvalue weighted by Gasteiger charge is 2.19. The van der Waals surface area contributed by atoms with Gasteiger partial charge in [0.25, 0.3) is 0 Å². The van der Waals surface area contributed by atoms with Crippen LogP contribution < -0.4 is 5.32 Å². The first kappa shape index (κ1) is 17.5. The number of likely N-dealkylation sites (N-methyl/N-ethyl adjacent to an activating group) is 1. The van der Waals surface area contributed by atoms with Gasteiger partial charge in [0.15, 0.2) is 0 Å². The van der Waals surface area contributed by atoms with Crippen LogP contribution in [0.1, 0.15) is 36.0 Å². The van der Waals surface area contributed by atoms with E-state index in [4.69, 9.17) is 9.84 Å². The Labute approximate surface area is 128 Å². The first-order valence-electron chi connectivity index (χ1n) is 6.64. The second kappa shape index (κ2) is 7.42. The molecule has 1 rings (SSSR count). The number of ether oxygens (including phenoxy) is 1. The number of carbonyl (C=O) groups excluding carboxylic acids is 1. The first-order valence-corrected chi connectivity index (χ1v) is 7.52. The van der Waals surface area contributed by atoms with Crippen LogP contribution in [0.25, 0.3) is 0 Å². The van der Waals surface area contributed by atoms with Gasteiger partial charge in [-0.2, -0.15) is 0 Å². The van der Waals surface area contributed by atoms with Crippen LogP contribution in [-0.2, 0) is 11.3 Å². The van der Waals surface area contributed by atoms with Crippen molar-refractivity contribution < 1.29 is 19.4 Å². The monoisotopic (exact) mass is 314 g/mol. The van der Waals surface area contributed by atoms with E-state index in [-0.39, 0.29) is 6.09 Å². The topological polar surface area (TPSA) is 78.9 Å². The quantitative estimate of drug-likeness (QED) is 0.788. The molecule has 0 aromatic carbocycles. The molecule has 0 saturated heterocycles. The van der Waals surface area contributed by atoms with Gasteiger partial charge < -0.3 is 20.1 Å². The van der Waals surface area contributed by atoms with Crippen molar-refractivity contribution in [1.29, 1.82) is 0 Å². The number of amides is 1. The van der Waals surface area contributed by atoms with E-state index in [1.165, 1.54) is 16.2 Å². The van der Waals surface area contributed by atoms with Gasteiger partial charge in [-0.25, -0.2) is 9.59 Å². The van der Waals surface area contributed by atoms with E-state index in [1.807, 2.05) is 20.8 Å². The number of aromatic carboxylic acids is 1. The highest BCUT2D eigenvalue weighted by molar-refractivity contribution is 7.10. The molecule has 1 aromatic heterocycles. The molecule has 118 valence electrons. The Bertz CT molecular complexity index is 493. The van der Waals surface area contributed by atoms with Crippen molar-refractivity contribution in [3.8, 4) is 0 Å². The summed E-state index contributed by atoms with van der Waals surface area (Å²) in [5, 5.41) is 13.6. The number of carbonyl (C=O) groups is 2. The minimum Gasteiger partial charge on any atom is -0.478 e. The van der Waals surface area contributed by atoms with E-state index in [2.05, 4.69) is 5.32 Å². The van der Waals surface area contributed by atoms with Gasteiger partial charge in [0.2, 0.25) is 0 Å². The number of carboxylic acid groups (broad SMARTS) is 1. The highest BCUT2D eigenvalue weighted by atomic mass is 32.1. The third-order valence-corrected chi connectivity index (χ3v) is 3.47. The second-order valence-corrected chi connectivity index (χ2v) is 6.68. The lowest BCUT2D eigenvalue weighted by Crippen LogP contribution is -2.37. The largest absolute Gasteiger partial charge is 0.478 e. The summed E-state index contributed by atoms with van der Waals surface area (Å²) < 4.78 is 5.24. The molecular formula is C14H22N2O4S. The molecule has 0 aliphatic carbocycles. The Morgan fingerprint density at radius 3 is 2.62 bits per heavy atom. The molecule has 0 radical (unpaired) electrons. The first-order chi connectivity index (χ1) is 9.69. The number of nitrogens with zero attached hydrogens (tertiary/aromatic N) is 1. The van der Waals surface area contributed by atoms with Crippen molar-refractivity contribution >= 4 is 23.4 Å². The zero-order chi connectivity index (χ0) is 16.0. The second-order valence-electron chi connectivity index (χ2n) is 5.69. The molecule has 2 N–H and O–H groups in total. The van der Waals surface area contributed by atoms with Gasteiger partial charge in [0.05, 0.1) is 5.56 Å². The van der Waals surface area contributed by atoms with Gasteiger partial charge in [0, 0.05) is 36.9 Å². The Morgan fingerprint density at radius 1 is 1.43 bits per heavy atom. The summed E-state index contributed by atoms with van der Waals surface area (Å²) in [7, 11) is 1.68. The summed E-state index contributed by atoms with van der Waals surface area (Å²) in [6.45, 7) is 7.19. The molecule has 0 atom stereocenters. The number of rotatable bonds is 6. The Kier molecular flexibility index (Phi) is 6.17. The predicted molar refractivity (Wildman–Crippen MR) is 81.8 cm³/mol. The molecule has 7 heteroatoms. The van der Waals surface area contributed by atoms with Crippen molar-refractivity contribution in [3.63, 3.8) is 0 Å². The number of hydrogen-bond acceptors (Lipinski definition) is 5. The molecule has 21 heavy (non-hydrogen) atoms. The zero-order valence-corrected chi connectivity index (χ0v) is 13.6. The van der Waals surface area contributed by atoms with Crippen LogP contribution in [0.3, 0.4) is 0 Å². The van der Waals surface area contributed by atoms with Gasteiger partial charge in [-0.05, 0) is 26.8 Å². The van der Waals surface area contributed by atoms with E-state index in [0.717, 1.165) is 4.88 Å². The fourth-order valence-electron chi connectivity index (χ4n) is 1.47. The van der Waals surface area contributed by atoms with Crippen molar-refractivity contribution in [2.45, 2.75) is 32.9 Å². The van der Waals surface area contributed by atoms with Crippen LogP contribution in [-0.4, -0.2) is 47.8 Å². The molecule has 0 aliphatic rings. The number of carboxylic acids is 1. The molecule has 0 bridgehead atoms. The van der Waals surface area contributed by atoms with Crippen LogP contribution in [0.5, 0.6) is 0 Å². The maximum absolute atomic E-state index is 11.7. The summed E-state index contributed by atoms with van der Waals surface area (Å²) in [5.41, 5.74) is -0.189. The third-order valence-electron chi connectivity index (χ3n) is 2.53. The maximum Gasteiger partial charge on any atom is 0.410 e. The van der Waals surface area contributed by atoms with Crippen LogP contribution in [0, 0.1) is 0 Å².